The minimum Gasteiger partial charge on any atom is -0.481 e. The van der Waals surface area contributed by atoms with Crippen LogP contribution in [0.5, 0.6) is 0 Å². The molecule has 0 radical (unpaired) electrons. The fraction of sp³-hybridized carbons (Fsp3) is 0.273. The number of carbonyl (C=O) groups is 2. The molecule has 0 amide bonds. The average molecular weight is 302 g/mol. The van der Waals surface area contributed by atoms with Gasteiger partial charge in [-0.15, -0.1) is 0 Å². The standard InChI is InChI=1S/C11H14N2O6S/c12-7-1-3-8(4-2-7)20(18,19)13-9(11(16)17)5-6-10(14)15/h1-4,9,13H,5-6,12H2,(H,14,15)(H,16,17)/t9-/m1/s1. The van der Waals surface area contributed by atoms with Crippen LogP contribution in [0.15, 0.2) is 29.2 Å². The van der Waals surface area contributed by atoms with Gasteiger partial charge in [-0.2, -0.15) is 4.72 Å². The lowest BCUT2D eigenvalue weighted by Crippen LogP contribution is -2.41. The highest BCUT2D eigenvalue weighted by Crippen LogP contribution is 2.13. The number of aliphatic carboxylic acids is 2. The van der Waals surface area contributed by atoms with Crippen LogP contribution < -0.4 is 10.5 Å². The number of carboxylic acid groups (broad SMARTS) is 2. The van der Waals surface area contributed by atoms with Crippen molar-refractivity contribution in [1.82, 2.24) is 4.72 Å². The lowest BCUT2D eigenvalue weighted by Gasteiger charge is -2.14. The second-order valence-electron chi connectivity index (χ2n) is 4.01. The Labute approximate surface area is 115 Å². The van der Waals surface area contributed by atoms with Crippen molar-refractivity contribution in [2.45, 2.75) is 23.8 Å². The van der Waals surface area contributed by atoms with Gasteiger partial charge in [0, 0.05) is 12.1 Å². The van der Waals surface area contributed by atoms with Crippen LogP contribution >= 0.6 is 0 Å². The number of rotatable bonds is 7. The highest BCUT2D eigenvalue weighted by molar-refractivity contribution is 7.89. The summed E-state index contributed by atoms with van der Waals surface area (Å²) < 4.78 is 25.8. The zero-order valence-electron chi connectivity index (χ0n) is 10.3. The summed E-state index contributed by atoms with van der Waals surface area (Å²) >= 11 is 0. The van der Waals surface area contributed by atoms with Crippen LogP contribution in [0.2, 0.25) is 0 Å². The second-order valence-corrected chi connectivity index (χ2v) is 5.73. The molecule has 0 bridgehead atoms. The zero-order chi connectivity index (χ0) is 15.3. The molecular weight excluding hydrogens is 288 g/mol. The molecule has 1 rings (SSSR count). The maximum absolute atomic E-state index is 11.9. The summed E-state index contributed by atoms with van der Waals surface area (Å²) in [6.07, 6.45) is -0.805. The fourth-order valence-corrected chi connectivity index (χ4v) is 2.63. The van der Waals surface area contributed by atoms with Crippen molar-refractivity contribution in [3.8, 4) is 0 Å². The van der Waals surface area contributed by atoms with Gasteiger partial charge >= 0.3 is 11.9 Å². The van der Waals surface area contributed by atoms with Gasteiger partial charge in [-0.3, -0.25) is 9.59 Å². The van der Waals surface area contributed by atoms with Crippen LogP contribution in [0.25, 0.3) is 0 Å². The SMILES string of the molecule is Nc1ccc(S(=O)(=O)N[C@H](CCC(=O)O)C(=O)O)cc1. The molecule has 1 atom stereocenters. The van der Waals surface area contributed by atoms with Gasteiger partial charge < -0.3 is 15.9 Å². The van der Waals surface area contributed by atoms with E-state index < -0.39 is 34.4 Å². The third-order valence-corrected chi connectivity index (χ3v) is 3.92. The summed E-state index contributed by atoms with van der Waals surface area (Å²) in [5.74, 6) is -2.65. The maximum Gasteiger partial charge on any atom is 0.321 e. The summed E-state index contributed by atoms with van der Waals surface area (Å²) in [4.78, 5) is 21.2. The molecule has 5 N–H and O–H groups in total. The Morgan fingerprint density at radius 1 is 1.20 bits per heavy atom. The molecule has 0 saturated heterocycles. The van der Waals surface area contributed by atoms with Crippen molar-refractivity contribution in [1.29, 1.82) is 0 Å². The smallest absolute Gasteiger partial charge is 0.321 e. The van der Waals surface area contributed by atoms with Gasteiger partial charge in [0.15, 0.2) is 0 Å². The summed E-state index contributed by atoms with van der Waals surface area (Å²) in [6, 6.07) is 3.68. The van der Waals surface area contributed by atoms with Crippen molar-refractivity contribution in [3.05, 3.63) is 24.3 Å². The van der Waals surface area contributed by atoms with Crippen LogP contribution in [0.4, 0.5) is 5.69 Å². The normalized spacial score (nSPS) is 12.8. The van der Waals surface area contributed by atoms with Crippen molar-refractivity contribution in [2.24, 2.45) is 0 Å². The van der Waals surface area contributed by atoms with Crippen LogP contribution in [-0.2, 0) is 19.6 Å². The number of benzene rings is 1. The van der Waals surface area contributed by atoms with Crippen LogP contribution in [-0.4, -0.2) is 36.6 Å². The van der Waals surface area contributed by atoms with Gasteiger partial charge in [-0.05, 0) is 30.7 Å². The van der Waals surface area contributed by atoms with E-state index in [0.717, 1.165) is 0 Å². The average Bonchev–Trinajstić information content (AvgIpc) is 2.34. The number of nitrogen functional groups attached to an aromatic ring is 1. The third-order valence-electron chi connectivity index (χ3n) is 2.43. The molecule has 1 aromatic carbocycles. The molecule has 0 heterocycles. The number of anilines is 1. The molecule has 0 fully saturated rings. The Hall–Kier alpha value is -2.13. The van der Waals surface area contributed by atoms with E-state index in [0.29, 0.717) is 5.69 Å². The van der Waals surface area contributed by atoms with E-state index in [1.165, 1.54) is 24.3 Å². The molecule has 0 aliphatic heterocycles. The first kappa shape index (κ1) is 15.9. The molecule has 0 aliphatic rings. The second kappa shape index (κ2) is 6.35. The first-order valence-electron chi connectivity index (χ1n) is 5.55. The van der Waals surface area contributed by atoms with E-state index in [4.69, 9.17) is 15.9 Å². The van der Waals surface area contributed by atoms with Gasteiger partial charge in [0.25, 0.3) is 0 Å². The van der Waals surface area contributed by atoms with Gasteiger partial charge in [-0.1, -0.05) is 0 Å². The number of carboxylic acids is 2. The number of nitrogens with two attached hydrogens (primary N) is 1. The fourth-order valence-electron chi connectivity index (χ4n) is 1.40. The molecule has 0 unspecified atom stereocenters. The van der Waals surface area contributed by atoms with Crippen molar-refractivity contribution in [2.75, 3.05) is 5.73 Å². The van der Waals surface area contributed by atoms with Gasteiger partial charge in [0.2, 0.25) is 10.0 Å². The Morgan fingerprint density at radius 2 is 1.75 bits per heavy atom. The molecule has 110 valence electrons. The maximum atomic E-state index is 11.9. The molecular formula is C11H14N2O6S. The lowest BCUT2D eigenvalue weighted by atomic mass is 10.2. The Morgan fingerprint density at radius 3 is 2.20 bits per heavy atom. The number of sulfonamides is 1. The Balaban J connectivity index is 2.88. The van der Waals surface area contributed by atoms with Gasteiger partial charge in [0.05, 0.1) is 4.90 Å². The van der Waals surface area contributed by atoms with Crippen molar-refractivity contribution >= 4 is 27.6 Å². The Bertz CT molecular complexity index is 596. The monoisotopic (exact) mass is 302 g/mol. The predicted octanol–water partition coefficient (Wildman–Crippen LogP) is -0.135. The summed E-state index contributed by atoms with van der Waals surface area (Å²) in [6.45, 7) is 0. The van der Waals surface area contributed by atoms with E-state index in [1.807, 2.05) is 4.72 Å². The molecule has 0 saturated carbocycles. The first-order chi connectivity index (χ1) is 9.22. The molecule has 0 aromatic heterocycles. The first-order valence-corrected chi connectivity index (χ1v) is 7.03. The third kappa shape index (κ3) is 4.52. The molecule has 9 heteroatoms. The Kier molecular flexibility index (Phi) is 5.06. The minimum atomic E-state index is -4.05. The predicted molar refractivity (Wildman–Crippen MR) is 69.5 cm³/mol. The number of hydrogen-bond acceptors (Lipinski definition) is 5. The minimum absolute atomic E-state index is 0.145. The van der Waals surface area contributed by atoms with E-state index >= 15 is 0 Å². The largest absolute Gasteiger partial charge is 0.481 e. The summed E-state index contributed by atoms with van der Waals surface area (Å²) in [5, 5.41) is 17.4. The topological polar surface area (TPSA) is 147 Å². The van der Waals surface area contributed by atoms with Crippen molar-refractivity contribution < 1.29 is 28.2 Å². The van der Waals surface area contributed by atoms with Crippen LogP contribution in [0.3, 0.4) is 0 Å². The quantitative estimate of drug-likeness (QED) is 0.513. The lowest BCUT2D eigenvalue weighted by molar-refractivity contribution is -0.140. The summed E-state index contributed by atoms with van der Waals surface area (Å²) in [5.41, 5.74) is 5.79. The molecule has 20 heavy (non-hydrogen) atoms. The van der Waals surface area contributed by atoms with Crippen LogP contribution in [0, 0.1) is 0 Å². The highest BCUT2D eigenvalue weighted by Gasteiger charge is 2.25. The van der Waals surface area contributed by atoms with Gasteiger partial charge in [-0.25, -0.2) is 8.42 Å². The van der Waals surface area contributed by atoms with Crippen molar-refractivity contribution in [3.63, 3.8) is 0 Å². The van der Waals surface area contributed by atoms with E-state index in [9.17, 15) is 18.0 Å². The van der Waals surface area contributed by atoms with E-state index in [-0.39, 0.29) is 11.3 Å². The highest BCUT2D eigenvalue weighted by atomic mass is 32.2. The zero-order valence-corrected chi connectivity index (χ0v) is 11.1. The van der Waals surface area contributed by atoms with E-state index in [1.54, 1.807) is 0 Å². The molecule has 0 aliphatic carbocycles. The van der Waals surface area contributed by atoms with Crippen LogP contribution in [0.1, 0.15) is 12.8 Å². The van der Waals surface area contributed by atoms with E-state index in [2.05, 4.69) is 0 Å². The van der Waals surface area contributed by atoms with Gasteiger partial charge in [0.1, 0.15) is 6.04 Å². The molecule has 1 aromatic rings. The molecule has 8 nitrogen and oxygen atoms in total. The number of hydrogen-bond donors (Lipinski definition) is 4. The summed E-state index contributed by atoms with van der Waals surface area (Å²) in [7, 11) is -4.05. The number of nitrogens with one attached hydrogen (secondary N) is 1. The molecule has 0 spiro atoms.